The van der Waals surface area contributed by atoms with Crippen LogP contribution in [0.15, 0.2) is 30.6 Å². The van der Waals surface area contributed by atoms with Gasteiger partial charge in [-0.2, -0.15) is 0 Å². The van der Waals surface area contributed by atoms with E-state index < -0.39 is 10.9 Å². The zero-order chi connectivity index (χ0) is 22.1. The summed E-state index contributed by atoms with van der Waals surface area (Å²) in [4.78, 5) is 33.8. The van der Waals surface area contributed by atoms with Crippen molar-refractivity contribution in [2.24, 2.45) is 0 Å². The summed E-state index contributed by atoms with van der Waals surface area (Å²) in [6.45, 7) is 6.56. The second-order valence-corrected chi connectivity index (χ2v) is 6.80. The number of hydrogen-bond donors (Lipinski definition) is 2. The van der Waals surface area contributed by atoms with E-state index in [0.29, 0.717) is 12.2 Å². The van der Waals surface area contributed by atoms with Gasteiger partial charge in [-0.05, 0) is 32.0 Å². The first-order valence-electron chi connectivity index (χ1n) is 10.2. The van der Waals surface area contributed by atoms with Gasteiger partial charge in [0.2, 0.25) is 11.6 Å². The average molecular weight is 430 g/mol. The Kier molecular flexibility index (Phi) is 8.07. The lowest BCUT2D eigenvalue weighted by Crippen LogP contribution is -2.37. The topological polar surface area (TPSA) is 132 Å². The van der Waals surface area contributed by atoms with Gasteiger partial charge in [0.1, 0.15) is 6.33 Å². The van der Waals surface area contributed by atoms with Crippen LogP contribution in [-0.4, -0.2) is 71.8 Å². The van der Waals surface area contributed by atoms with Crippen molar-refractivity contribution in [2.75, 3.05) is 56.6 Å². The number of nitrogens with zero attached hydrogens (tertiary/aromatic N) is 4. The zero-order valence-corrected chi connectivity index (χ0v) is 17.4. The average Bonchev–Trinajstić information content (AvgIpc) is 2.78. The maximum absolute atomic E-state index is 12.2. The summed E-state index contributed by atoms with van der Waals surface area (Å²) in [5.41, 5.74) is 0.339. The Morgan fingerprint density at radius 3 is 2.74 bits per heavy atom. The first-order valence-corrected chi connectivity index (χ1v) is 10.2. The summed E-state index contributed by atoms with van der Waals surface area (Å²) in [6.07, 6.45) is 2.04. The van der Waals surface area contributed by atoms with E-state index in [2.05, 4.69) is 25.5 Å². The number of morpholine rings is 1. The molecule has 0 spiro atoms. The molecule has 166 valence electrons. The first-order chi connectivity index (χ1) is 15.1. The standard InChI is InChI=1S/C20H26N6O5/c1-2-31-20(27)15-6-3-4-7-16(15)24-19-17(26(28)29)18(22-14-23-19)21-8-5-9-25-10-12-30-13-11-25/h3-4,6-7,14H,2,5,8-13H2,1H3,(H2,21,22,23,24). The molecular weight excluding hydrogens is 404 g/mol. The lowest BCUT2D eigenvalue weighted by Gasteiger charge is -2.26. The van der Waals surface area contributed by atoms with Crippen molar-refractivity contribution in [3.8, 4) is 0 Å². The number of esters is 1. The fourth-order valence-electron chi connectivity index (χ4n) is 3.21. The van der Waals surface area contributed by atoms with Crippen LogP contribution in [0.3, 0.4) is 0 Å². The van der Waals surface area contributed by atoms with Gasteiger partial charge in [0.25, 0.3) is 0 Å². The number of nitrogens with one attached hydrogen (secondary N) is 2. The summed E-state index contributed by atoms with van der Waals surface area (Å²) < 4.78 is 10.4. The van der Waals surface area contributed by atoms with Gasteiger partial charge < -0.3 is 20.1 Å². The molecule has 0 bridgehead atoms. The number of carbonyl (C=O) groups is 1. The molecule has 1 aliphatic heterocycles. The van der Waals surface area contributed by atoms with Gasteiger partial charge in [-0.1, -0.05) is 12.1 Å². The number of carbonyl (C=O) groups excluding carboxylic acids is 1. The molecular formula is C20H26N6O5. The summed E-state index contributed by atoms with van der Waals surface area (Å²) in [5, 5.41) is 17.7. The number of benzene rings is 1. The van der Waals surface area contributed by atoms with E-state index in [1.807, 2.05) is 0 Å². The van der Waals surface area contributed by atoms with Gasteiger partial charge in [0.05, 0.1) is 36.0 Å². The molecule has 11 nitrogen and oxygen atoms in total. The summed E-state index contributed by atoms with van der Waals surface area (Å²) >= 11 is 0. The van der Waals surface area contributed by atoms with Crippen LogP contribution >= 0.6 is 0 Å². The smallest absolute Gasteiger partial charge is 0.353 e. The molecule has 1 fully saturated rings. The predicted octanol–water partition coefficient (Wildman–Crippen LogP) is 2.44. The van der Waals surface area contributed by atoms with Crippen LogP contribution in [0.25, 0.3) is 0 Å². The zero-order valence-electron chi connectivity index (χ0n) is 17.4. The minimum Gasteiger partial charge on any atom is -0.462 e. The largest absolute Gasteiger partial charge is 0.462 e. The molecule has 1 aromatic heterocycles. The predicted molar refractivity (Wildman–Crippen MR) is 115 cm³/mol. The van der Waals surface area contributed by atoms with Crippen molar-refractivity contribution in [3.63, 3.8) is 0 Å². The van der Waals surface area contributed by atoms with Crippen molar-refractivity contribution in [3.05, 3.63) is 46.3 Å². The Bertz CT molecular complexity index is 903. The quantitative estimate of drug-likeness (QED) is 0.251. The summed E-state index contributed by atoms with van der Waals surface area (Å²) in [6, 6.07) is 6.61. The molecule has 31 heavy (non-hydrogen) atoms. The third-order valence-electron chi connectivity index (χ3n) is 4.73. The SMILES string of the molecule is CCOC(=O)c1ccccc1Nc1ncnc(NCCCN2CCOCC2)c1[N+](=O)[O-]. The molecule has 3 rings (SSSR count). The molecule has 2 aromatic rings. The number of hydrogen-bond acceptors (Lipinski definition) is 10. The molecule has 0 unspecified atom stereocenters. The Morgan fingerprint density at radius 2 is 2.00 bits per heavy atom. The minimum absolute atomic E-state index is 0.00701. The van der Waals surface area contributed by atoms with E-state index in [4.69, 9.17) is 9.47 Å². The fourth-order valence-corrected chi connectivity index (χ4v) is 3.21. The Hall–Kier alpha value is -3.31. The maximum Gasteiger partial charge on any atom is 0.353 e. The lowest BCUT2D eigenvalue weighted by atomic mass is 10.2. The molecule has 1 saturated heterocycles. The van der Waals surface area contributed by atoms with Crippen molar-refractivity contribution in [1.29, 1.82) is 0 Å². The molecule has 0 atom stereocenters. The second-order valence-electron chi connectivity index (χ2n) is 6.80. The van der Waals surface area contributed by atoms with E-state index >= 15 is 0 Å². The highest BCUT2D eigenvalue weighted by molar-refractivity contribution is 5.96. The number of rotatable bonds is 10. The molecule has 1 aliphatic rings. The van der Waals surface area contributed by atoms with Crippen LogP contribution < -0.4 is 10.6 Å². The molecule has 2 N–H and O–H groups in total. The van der Waals surface area contributed by atoms with Gasteiger partial charge in [0, 0.05) is 19.6 Å². The van der Waals surface area contributed by atoms with Crippen LogP contribution in [0.5, 0.6) is 0 Å². The van der Waals surface area contributed by atoms with E-state index in [1.54, 1.807) is 31.2 Å². The molecule has 0 amide bonds. The van der Waals surface area contributed by atoms with Gasteiger partial charge in [-0.15, -0.1) is 0 Å². The monoisotopic (exact) mass is 430 g/mol. The van der Waals surface area contributed by atoms with Crippen LogP contribution in [0.2, 0.25) is 0 Å². The summed E-state index contributed by atoms with van der Waals surface area (Å²) in [5.74, 6) is -0.408. The fraction of sp³-hybridized carbons (Fsp3) is 0.450. The van der Waals surface area contributed by atoms with E-state index in [0.717, 1.165) is 39.3 Å². The van der Waals surface area contributed by atoms with Crippen molar-refractivity contribution < 1.29 is 19.2 Å². The van der Waals surface area contributed by atoms with Crippen LogP contribution in [-0.2, 0) is 9.47 Å². The molecule has 1 aromatic carbocycles. The summed E-state index contributed by atoms with van der Waals surface area (Å²) in [7, 11) is 0. The number of nitro groups is 1. The van der Waals surface area contributed by atoms with Crippen molar-refractivity contribution >= 4 is 29.0 Å². The highest BCUT2D eigenvalue weighted by Gasteiger charge is 2.24. The van der Waals surface area contributed by atoms with Gasteiger partial charge in [-0.3, -0.25) is 15.0 Å². The van der Waals surface area contributed by atoms with Crippen molar-refractivity contribution in [1.82, 2.24) is 14.9 Å². The van der Waals surface area contributed by atoms with E-state index in [1.165, 1.54) is 6.33 Å². The normalized spacial score (nSPS) is 14.1. The molecule has 0 aliphatic carbocycles. The molecule has 2 heterocycles. The minimum atomic E-state index is -0.542. The number of para-hydroxylation sites is 1. The Morgan fingerprint density at radius 1 is 1.26 bits per heavy atom. The Balaban J connectivity index is 1.72. The third kappa shape index (κ3) is 6.09. The second kappa shape index (κ2) is 11.2. The van der Waals surface area contributed by atoms with Crippen LogP contribution in [0, 0.1) is 10.1 Å². The van der Waals surface area contributed by atoms with Gasteiger partial charge >= 0.3 is 11.7 Å². The van der Waals surface area contributed by atoms with E-state index in [9.17, 15) is 14.9 Å². The molecule has 0 saturated carbocycles. The van der Waals surface area contributed by atoms with Gasteiger partial charge in [-0.25, -0.2) is 14.8 Å². The Labute approximate surface area is 179 Å². The van der Waals surface area contributed by atoms with E-state index in [-0.39, 0.29) is 29.5 Å². The number of aromatic nitrogens is 2. The highest BCUT2D eigenvalue weighted by Crippen LogP contribution is 2.32. The van der Waals surface area contributed by atoms with Gasteiger partial charge in [0.15, 0.2) is 0 Å². The van der Waals surface area contributed by atoms with Crippen LogP contribution in [0.1, 0.15) is 23.7 Å². The maximum atomic E-state index is 12.2. The number of anilines is 3. The highest BCUT2D eigenvalue weighted by atomic mass is 16.6. The molecule has 11 heteroatoms. The third-order valence-corrected chi connectivity index (χ3v) is 4.73. The number of ether oxygens (including phenoxy) is 2. The van der Waals surface area contributed by atoms with Crippen molar-refractivity contribution in [2.45, 2.75) is 13.3 Å². The lowest BCUT2D eigenvalue weighted by molar-refractivity contribution is -0.383. The molecule has 0 radical (unpaired) electrons. The first kappa shape index (κ1) is 22.4. The van der Waals surface area contributed by atoms with Crippen LogP contribution in [0.4, 0.5) is 23.0 Å².